The van der Waals surface area contributed by atoms with E-state index in [9.17, 15) is 9.90 Å². The van der Waals surface area contributed by atoms with Crippen molar-refractivity contribution in [3.8, 4) is 5.75 Å². The number of aliphatic hydroxyl groups is 1. The molecule has 0 unspecified atom stereocenters. The second-order valence-electron chi connectivity index (χ2n) is 7.60. The van der Waals surface area contributed by atoms with Crippen LogP contribution in [0.5, 0.6) is 5.75 Å². The molecule has 0 bridgehead atoms. The summed E-state index contributed by atoms with van der Waals surface area (Å²) in [5, 5.41) is 14.3. The van der Waals surface area contributed by atoms with Crippen LogP contribution in [0.3, 0.4) is 0 Å². The van der Waals surface area contributed by atoms with E-state index in [1.165, 1.54) is 5.56 Å². The van der Waals surface area contributed by atoms with Crippen LogP contribution in [-0.2, 0) is 6.42 Å². The van der Waals surface area contributed by atoms with Crippen molar-refractivity contribution in [2.75, 3.05) is 13.2 Å². The van der Waals surface area contributed by atoms with E-state index in [4.69, 9.17) is 4.74 Å². The van der Waals surface area contributed by atoms with Gasteiger partial charge in [0.15, 0.2) is 0 Å². The van der Waals surface area contributed by atoms with Crippen LogP contribution in [0.1, 0.15) is 36.2 Å². The Morgan fingerprint density at radius 1 is 1.00 bits per heavy atom. The summed E-state index contributed by atoms with van der Waals surface area (Å²) in [5.74, 6) is 0.347. The van der Waals surface area contributed by atoms with Crippen LogP contribution < -0.4 is 10.1 Å². The van der Waals surface area contributed by atoms with Gasteiger partial charge in [-0.05, 0) is 43.7 Å². The van der Waals surface area contributed by atoms with E-state index in [1.807, 2.05) is 48.5 Å². The lowest BCUT2D eigenvalue weighted by molar-refractivity contribution is 0.0865. The van der Waals surface area contributed by atoms with Crippen molar-refractivity contribution in [1.82, 2.24) is 5.32 Å². The predicted molar refractivity (Wildman–Crippen MR) is 113 cm³/mol. The zero-order valence-corrected chi connectivity index (χ0v) is 16.4. The summed E-state index contributed by atoms with van der Waals surface area (Å²) in [5.41, 5.74) is 1.06. The molecule has 0 saturated carbocycles. The van der Waals surface area contributed by atoms with Gasteiger partial charge in [-0.15, -0.1) is 0 Å². The molecule has 0 radical (unpaired) electrons. The van der Waals surface area contributed by atoms with Crippen molar-refractivity contribution in [3.05, 3.63) is 77.9 Å². The largest absolute Gasteiger partial charge is 0.492 e. The molecule has 146 valence electrons. The van der Waals surface area contributed by atoms with Crippen LogP contribution in [0.2, 0.25) is 0 Å². The smallest absolute Gasteiger partial charge is 0.255 e. The molecule has 0 fully saturated rings. The van der Waals surface area contributed by atoms with Crippen LogP contribution in [0.4, 0.5) is 0 Å². The molecule has 28 heavy (non-hydrogen) atoms. The summed E-state index contributed by atoms with van der Waals surface area (Å²) < 4.78 is 6.12. The quantitative estimate of drug-likeness (QED) is 0.574. The third-order valence-electron chi connectivity index (χ3n) is 4.67. The maximum Gasteiger partial charge on any atom is 0.255 e. The molecular weight excluding hydrogens is 350 g/mol. The number of carbonyl (C=O) groups excluding carboxylic acids is 1. The Balaban J connectivity index is 1.80. The molecule has 0 aliphatic heterocycles. The van der Waals surface area contributed by atoms with Crippen LogP contribution in [0, 0.1) is 0 Å². The number of aryl methyl sites for hydroxylation is 1. The fourth-order valence-corrected chi connectivity index (χ4v) is 3.09. The normalized spacial score (nSPS) is 11.4. The van der Waals surface area contributed by atoms with Gasteiger partial charge in [0.2, 0.25) is 0 Å². The number of carbonyl (C=O) groups is 1. The molecule has 0 heterocycles. The van der Waals surface area contributed by atoms with Gasteiger partial charge in [0.05, 0.1) is 24.3 Å². The highest BCUT2D eigenvalue weighted by Crippen LogP contribution is 2.30. The molecule has 3 rings (SSSR count). The third-order valence-corrected chi connectivity index (χ3v) is 4.67. The van der Waals surface area contributed by atoms with Crippen LogP contribution in [0.25, 0.3) is 10.8 Å². The number of aliphatic hydroxyl groups excluding tert-OH is 1. The molecule has 3 aromatic rings. The standard InChI is InChI=1S/C24H27NO3/c1-24(2,17-26)25-23(27)21-15-14-19-12-6-7-13-20(19)22(21)28-16-8-11-18-9-4-3-5-10-18/h3-7,9-10,12-15,26H,8,11,16-17H2,1-2H3,(H,25,27). The molecule has 0 aliphatic carbocycles. The zero-order chi connectivity index (χ0) is 20.0. The van der Waals surface area contributed by atoms with Crippen molar-refractivity contribution in [2.45, 2.75) is 32.2 Å². The fraction of sp³-hybridized carbons (Fsp3) is 0.292. The number of benzene rings is 3. The lowest BCUT2D eigenvalue weighted by Crippen LogP contribution is -2.46. The van der Waals surface area contributed by atoms with Crippen LogP contribution >= 0.6 is 0 Å². The molecule has 0 saturated heterocycles. The summed E-state index contributed by atoms with van der Waals surface area (Å²) >= 11 is 0. The minimum absolute atomic E-state index is 0.139. The minimum atomic E-state index is -0.701. The molecular formula is C24H27NO3. The molecule has 3 aromatic carbocycles. The number of amides is 1. The van der Waals surface area contributed by atoms with E-state index < -0.39 is 5.54 Å². The second kappa shape index (κ2) is 8.89. The molecule has 2 N–H and O–H groups in total. The summed E-state index contributed by atoms with van der Waals surface area (Å²) in [7, 11) is 0. The summed E-state index contributed by atoms with van der Waals surface area (Å²) in [6, 6.07) is 21.9. The number of hydrogen-bond donors (Lipinski definition) is 2. The summed E-state index contributed by atoms with van der Waals surface area (Å²) in [6.07, 6.45) is 1.78. The molecule has 0 aliphatic rings. The second-order valence-corrected chi connectivity index (χ2v) is 7.60. The van der Waals surface area contributed by atoms with E-state index in [1.54, 1.807) is 19.9 Å². The minimum Gasteiger partial charge on any atom is -0.492 e. The van der Waals surface area contributed by atoms with E-state index in [2.05, 4.69) is 17.4 Å². The van der Waals surface area contributed by atoms with Gasteiger partial charge >= 0.3 is 0 Å². The van der Waals surface area contributed by atoms with E-state index in [-0.39, 0.29) is 12.5 Å². The lowest BCUT2D eigenvalue weighted by atomic mass is 10.0. The average molecular weight is 377 g/mol. The van der Waals surface area contributed by atoms with Crippen molar-refractivity contribution in [3.63, 3.8) is 0 Å². The highest BCUT2D eigenvalue weighted by atomic mass is 16.5. The van der Waals surface area contributed by atoms with Gasteiger partial charge in [-0.2, -0.15) is 0 Å². The van der Waals surface area contributed by atoms with Gasteiger partial charge in [0, 0.05) is 5.39 Å². The number of nitrogens with one attached hydrogen (secondary N) is 1. The Morgan fingerprint density at radius 2 is 1.71 bits per heavy atom. The number of rotatable bonds is 8. The van der Waals surface area contributed by atoms with Gasteiger partial charge in [0.25, 0.3) is 5.91 Å². The van der Waals surface area contributed by atoms with Crippen molar-refractivity contribution >= 4 is 16.7 Å². The van der Waals surface area contributed by atoms with Crippen molar-refractivity contribution in [2.24, 2.45) is 0 Å². The van der Waals surface area contributed by atoms with Gasteiger partial charge in [-0.1, -0.05) is 60.7 Å². The Hall–Kier alpha value is -2.85. The van der Waals surface area contributed by atoms with E-state index in [0.717, 1.165) is 23.6 Å². The predicted octanol–water partition coefficient (Wildman–Crippen LogP) is 4.35. The average Bonchev–Trinajstić information content (AvgIpc) is 2.71. The van der Waals surface area contributed by atoms with E-state index in [0.29, 0.717) is 17.9 Å². The highest BCUT2D eigenvalue weighted by molar-refractivity contribution is 6.04. The van der Waals surface area contributed by atoms with Crippen molar-refractivity contribution in [1.29, 1.82) is 0 Å². The molecule has 0 spiro atoms. The monoisotopic (exact) mass is 377 g/mol. The van der Waals surface area contributed by atoms with E-state index >= 15 is 0 Å². The SMILES string of the molecule is CC(C)(CO)NC(=O)c1ccc2ccccc2c1OCCCc1ccccc1. The molecule has 0 atom stereocenters. The van der Waals surface area contributed by atoms with Gasteiger partial charge in [0.1, 0.15) is 5.75 Å². The summed E-state index contributed by atoms with van der Waals surface area (Å²) in [4.78, 5) is 12.8. The maximum absolute atomic E-state index is 12.8. The summed E-state index contributed by atoms with van der Waals surface area (Å²) in [6.45, 7) is 3.95. The lowest BCUT2D eigenvalue weighted by Gasteiger charge is -2.24. The zero-order valence-electron chi connectivity index (χ0n) is 16.4. The number of fused-ring (bicyclic) bond motifs is 1. The third kappa shape index (κ3) is 4.90. The maximum atomic E-state index is 12.8. The first-order chi connectivity index (χ1) is 13.5. The van der Waals surface area contributed by atoms with Crippen molar-refractivity contribution < 1.29 is 14.6 Å². The van der Waals surface area contributed by atoms with Gasteiger partial charge < -0.3 is 15.2 Å². The van der Waals surface area contributed by atoms with Crippen LogP contribution in [-0.4, -0.2) is 29.8 Å². The molecule has 4 nitrogen and oxygen atoms in total. The number of hydrogen-bond acceptors (Lipinski definition) is 3. The first-order valence-corrected chi connectivity index (χ1v) is 9.62. The Labute approximate surface area is 166 Å². The Morgan fingerprint density at radius 3 is 2.46 bits per heavy atom. The molecule has 1 amide bonds. The molecule has 0 aromatic heterocycles. The highest BCUT2D eigenvalue weighted by Gasteiger charge is 2.23. The van der Waals surface area contributed by atoms with Crippen LogP contribution in [0.15, 0.2) is 66.7 Å². The number of ether oxygens (including phenoxy) is 1. The first-order valence-electron chi connectivity index (χ1n) is 9.62. The topological polar surface area (TPSA) is 58.6 Å². The fourth-order valence-electron chi connectivity index (χ4n) is 3.09. The van der Waals surface area contributed by atoms with Gasteiger partial charge in [-0.3, -0.25) is 4.79 Å². The first kappa shape index (κ1) is 19.9. The van der Waals surface area contributed by atoms with Gasteiger partial charge in [-0.25, -0.2) is 0 Å². The molecule has 4 heteroatoms. The Kier molecular flexibility index (Phi) is 6.32. The Bertz CT molecular complexity index is 935.